The molecule has 1 aliphatic rings. The summed E-state index contributed by atoms with van der Waals surface area (Å²) >= 11 is 0. The molecule has 1 aromatic carbocycles. The molecule has 0 radical (unpaired) electrons. The molecule has 9 heteroatoms. The number of rotatable bonds is 6. The van der Waals surface area contributed by atoms with Crippen molar-refractivity contribution in [2.24, 2.45) is 0 Å². The van der Waals surface area contributed by atoms with E-state index in [0.717, 1.165) is 30.8 Å². The van der Waals surface area contributed by atoms with Crippen LogP contribution in [0.3, 0.4) is 0 Å². The molecule has 36 heavy (non-hydrogen) atoms. The highest BCUT2D eigenvalue weighted by Gasteiger charge is 2.29. The number of nitrogens with one attached hydrogen (secondary N) is 1. The second-order valence-corrected chi connectivity index (χ2v) is 8.77. The van der Waals surface area contributed by atoms with E-state index in [2.05, 4.69) is 21.9 Å². The summed E-state index contributed by atoms with van der Waals surface area (Å²) in [7, 11) is 0. The summed E-state index contributed by atoms with van der Waals surface area (Å²) in [6, 6.07) is 12.5. The summed E-state index contributed by atoms with van der Waals surface area (Å²) in [5.41, 5.74) is 9.03. The zero-order valence-electron chi connectivity index (χ0n) is 19.8. The third-order valence-electron chi connectivity index (χ3n) is 6.40. The normalized spacial score (nSPS) is 15.6. The molecule has 5 rings (SSSR count). The van der Waals surface area contributed by atoms with Crippen molar-refractivity contribution in [1.29, 1.82) is 0 Å². The Morgan fingerprint density at radius 3 is 2.72 bits per heavy atom. The van der Waals surface area contributed by atoms with Crippen LogP contribution in [0.4, 0.5) is 11.6 Å². The molecule has 3 N–H and O–H groups in total. The number of hydrogen-bond donors (Lipinski definition) is 2. The fourth-order valence-electron chi connectivity index (χ4n) is 4.65. The second-order valence-electron chi connectivity index (χ2n) is 8.77. The highest BCUT2D eigenvalue weighted by Crippen LogP contribution is 2.34. The van der Waals surface area contributed by atoms with Crippen LogP contribution in [0.15, 0.2) is 73.7 Å². The van der Waals surface area contributed by atoms with Crippen LogP contribution in [0.25, 0.3) is 16.8 Å². The number of likely N-dealkylation sites (tertiary alicyclic amines) is 1. The molecular weight excluding hydrogens is 454 g/mol. The summed E-state index contributed by atoms with van der Waals surface area (Å²) in [5, 5.41) is 2.79. The smallest absolute Gasteiger partial charge is 0.256 e. The summed E-state index contributed by atoms with van der Waals surface area (Å²) in [6.07, 6.45) is 8.94. The van der Waals surface area contributed by atoms with Gasteiger partial charge in [0.25, 0.3) is 5.91 Å². The van der Waals surface area contributed by atoms with E-state index in [9.17, 15) is 9.59 Å². The van der Waals surface area contributed by atoms with Crippen LogP contribution in [0, 0.1) is 0 Å². The molecule has 182 valence electrons. The number of anilines is 2. The topological polar surface area (TPSA) is 119 Å². The van der Waals surface area contributed by atoms with Crippen molar-refractivity contribution in [2.75, 3.05) is 24.1 Å². The van der Waals surface area contributed by atoms with Gasteiger partial charge >= 0.3 is 0 Å². The van der Waals surface area contributed by atoms with Gasteiger partial charge in [-0.15, -0.1) is 6.58 Å². The first-order valence-electron chi connectivity index (χ1n) is 11.9. The number of hydrogen-bond acceptors (Lipinski definition) is 6. The zero-order valence-corrected chi connectivity index (χ0v) is 19.8. The predicted octanol–water partition coefficient (Wildman–Crippen LogP) is 3.91. The van der Waals surface area contributed by atoms with Crippen molar-refractivity contribution in [3.63, 3.8) is 0 Å². The molecule has 2 amide bonds. The zero-order chi connectivity index (χ0) is 25.1. The van der Waals surface area contributed by atoms with Gasteiger partial charge in [-0.25, -0.2) is 15.0 Å². The lowest BCUT2D eigenvalue weighted by atomic mass is 9.97. The second kappa shape index (κ2) is 9.99. The first-order valence-corrected chi connectivity index (χ1v) is 11.9. The van der Waals surface area contributed by atoms with Crippen molar-refractivity contribution < 1.29 is 9.59 Å². The van der Waals surface area contributed by atoms with Gasteiger partial charge in [-0.05, 0) is 37.1 Å². The van der Waals surface area contributed by atoms with Crippen LogP contribution in [0.2, 0.25) is 0 Å². The molecule has 3 aromatic heterocycles. The SMILES string of the molecule is C=CCC(=O)N1CCCC(c2nc(-c3ccc(C(=O)Nc4ccccn4)cc3)c3c(N)nccn23)C1. The Hall–Kier alpha value is -4.53. The molecule has 4 aromatic rings. The lowest BCUT2D eigenvalue weighted by molar-refractivity contribution is -0.131. The number of pyridine rings is 1. The maximum Gasteiger partial charge on any atom is 0.256 e. The molecule has 1 atom stereocenters. The number of benzene rings is 1. The molecule has 0 spiro atoms. The standard InChI is InChI=1S/C27H27N7O2/c1-2-6-22(35)33-15-5-7-20(17-33)26-32-23(24-25(28)30-14-16-34(24)26)18-9-11-19(12-10-18)27(36)31-21-8-3-4-13-29-21/h2-4,8-14,16,20H,1,5-7,15,17H2,(H2,28,30)(H,29,31,36). The minimum Gasteiger partial charge on any atom is -0.382 e. The highest BCUT2D eigenvalue weighted by molar-refractivity contribution is 6.04. The van der Waals surface area contributed by atoms with Gasteiger partial charge < -0.3 is 16.0 Å². The Bertz CT molecular complexity index is 1410. The van der Waals surface area contributed by atoms with Gasteiger partial charge in [-0.2, -0.15) is 0 Å². The minimum atomic E-state index is -0.247. The van der Waals surface area contributed by atoms with Crippen LogP contribution in [-0.2, 0) is 4.79 Å². The lowest BCUT2D eigenvalue weighted by Gasteiger charge is -2.32. The largest absolute Gasteiger partial charge is 0.382 e. The number of fused-ring (bicyclic) bond motifs is 1. The monoisotopic (exact) mass is 481 g/mol. The molecule has 0 bridgehead atoms. The molecule has 1 aliphatic heterocycles. The number of aromatic nitrogens is 4. The molecule has 0 aliphatic carbocycles. The molecule has 0 saturated carbocycles. The number of piperidine rings is 1. The van der Waals surface area contributed by atoms with Gasteiger partial charge in [0.05, 0.1) is 0 Å². The van der Waals surface area contributed by atoms with Crippen molar-refractivity contribution in [1.82, 2.24) is 24.3 Å². The van der Waals surface area contributed by atoms with Crippen LogP contribution >= 0.6 is 0 Å². The summed E-state index contributed by atoms with van der Waals surface area (Å²) in [6.45, 7) is 5.02. The number of nitrogens with zero attached hydrogens (tertiary/aromatic N) is 5. The van der Waals surface area contributed by atoms with Gasteiger partial charge in [0, 0.05) is 55.1 Å². The molecule has 1 fully saturated rings. The maximum absolute atomic E-state index is 12.6. The number of amides is 2. The van der Waals surface area contributed by atoms with E-state index in [0.29, 0.717) is 41.4 Å². The van der Waals surface area contributed by atoms with Crippen LogP contribution < -0.4 is 11.1 Å². The van der Waals surface area contributed by atoms with E-state index in [1.807, 2.05) is 33.7 Å². The molecule has 4 heterocycles. The van der Waals surface area contributed by atoms with Crippen LogP contribution in [0.5, 0.6) is 0 Å². The van der Waals surface area contributed by atoms with Gasteiger partial charge in [0.1, 0.15) is 28.7 Å². The van der Waals surface area contributed by atoms with Gasteiger partial charge in [-0.3, -0.25) is 14.0 Å². The fourth-order valence-corrected chi connectivity index (χ4v) is 4.65. The Kier molecular flexibility index (Phi) is 6.44. The molecular formula is C27H27N7O2. The molecule has 9 nitrogen and oxygen atoms in total. The predicted molar refractivity (Wildman–Crippen MR) is 138 cm³/mol. The van der Waals surface area contributed by atoms with Gasteiger partial charge in [0.2, 0.25) is 5.91 Å². The van der Waals surface area contributed by atoms with E-state index in [-0.39, 0.29) is 17.7 Å². The van der Waals surface area contributed by atoms with Gasteiger partial charge in [0.15, 0.2) is 0 Å². The van der Waals surface area contributed by atoms with E-state index in [1.54, 1.807) is 42.7 Å². The van der Waals surface area contributed by atoms with E-state index < -0.39 is 0 Å². The van der Waals surface area contributed by atoms with Crippen LogP contribution in [-0.4, -0.2) is 49.2 Å². The average molecular weight is 482 g/mol. The Morgan fingerprint density at radius 2 is 1.97 bits per heavy atom. The first-order chi connectivity index (χ1) is 17.5. The van der Waals surface area contributed by atoms with E-state index in [1.165, 1.54) is 0 Å². The third-order valence-corrected chi connectivity index (χ3v) is 6.40. The number of imidazole rings is 1. The summed E-state index contributed by atoms with van der Waals surface area (Å²) in [4.78, 5) is 40.4. The van der Waals surface area contributed by atoms with Crippen molar-refractivity contribution in [3.8, 4) is 11.3 Å². The average Bonchev–Trinajstić information content (AvgIpc) is 3.31. The number of nitrogens with two attached hydrogens (primary N) is 1. The Labute approximate surface area is 208 Å². The third kappa shape index (κ3) is 4.55. The number of carbonyl (C=O) groups is 2. The highest BCUT2D eigenvalue weighted by atomic mass is 16.2. The van der Waals surface area contributed by atoms with E-state index >= 15 is 0 Å². The van der Waals surface area contributed by atoms with Crippen molar-refractivity contribution >= 4 is 29.0 Å². The van der Waals surface area contributed by atoms with E-state index in [4.69, 9.17) is 10.7 Å². The summed E-state index contributed by atoms with van der Waals surface area (Å²) < 4.78 is 1.98. The molecule has 1 saturated heterocycles. The van der Waals surface area contributed by atoms with Crippen molar-refractivity contribution in [3.05, 3.63) is 85.1 Å². The number of carbonyl (C=O) groups excluding carboxylic acids is 2. The Balaban J connectivity index is 1.45. The van der Waals surface area contributed by atoms with Gasteiger partial charge in [-0.1, -0.05) is 24.3 Å². The first kappa shape index (κ1) is 23.2. The quantitative estimate of drug-likeness (QED) is 0.403. The fraction of sp³-hybridized carbons (Fsp3) is 0.222. The lowest BCUT2D eigenvalue weighted by Crippen LogP contribution is -2.39. The Morgan fingerprint density at radius 1 is 1.14 bits per heavy atom. The van der Waals surface area contributed by atoms with Crippen molar-refractivity contribution in [2.45, 2.75) is 25.2 Å². The maximum atomic E-state index is 12.6. The minimum absolute atomic E-state index is 0.0685. The molecule has 1 unspecified atom stereocenters. The number of nitrogen functional groups attached to an aromatic ring is 1. The summed E-state index contributed by atoms with van der Waals surface area (Å²) in [5.74, 6) is 1.61. The van der Waals surface area contributed by atoms with Crippen LogP contribution in [0.1, 0.15) is 41.4 Å².